The molecule has 0 aliphatic carbocycles. The zero-order chi connectivity index (χ0) is 18.9. The molecule has 26 heavy (non-hydrogen) atoms. The molecule has 1 heterocycles. The summed E-state index contributed by atoms with van der Waals surface area (Å²) < 4.78 is 10.8. The summed E-state index contributed by atoms with van der Waals surface area (Å²) in [6, 6.07) is 14.2. The SMILES string of the molecule is COc1cc2cc(-c3cccc(C(C)(C)C)c3)nc(CO)c2cc1OC. The third kappa shape index (κ3) is 3.37. The molecule has 0 saturated heterocycles. The highest BCUT2D eigenvalue weighted by molar-refractivity contribution is 5.90. The summed E-state index contributed by atoms with van der Waals surface area (Å²) in [6.45, 7) is 6.43. The molecule has 0 fully saturated rings. The Hall–Kier alpha value is -2.59. The van der Waals surface area contributed by atoms with Gasteiger partial charge in [0.2, 0.25) is 0 Å². The third-order valence-corrected chi connectivity index (χ3v) is 4.59. The van der Waals surface area contributed by atoms with E-state index in [1.165, 1.54) is 5.56 Å². The molecule has 0 amide bonds. The predicted molar refractivity (Wildman–Crippen MR) is 105 cm³/mol. The summed E-state index contributed by atoms with van der Waals surface area (Å²) in [7, 11) is 3.22. The van der Waals surface area contributed by atoms with Gasteiger partial charge in [0.1, 0.15) is 0 Å². The van der Waals surface area contributed by atoms with Crippen LogP contribution in [0.4, 0.5) is 0 Å². The molecule has 4 nitrogen and oxygen atoms in total. The van der Waals surface area contributed by atoms with Crippen molar-refractivity contribution in [3.8, 4) is 22.8 Å². The number of aromatic nitrogens is 1. The van der Waals surface area contributed by atoms with Crippen molar-refractivity contribution in [2.45, 2.75) is 32.8 Å². The summed E-state index contributed by atoms with van der Waals surface area (Å²) in [5, 5.41) is 11.7. The maximum Gasteiger partial charge on any atom is 0.161 e. The van der Waals surface area contributed by atoms with E-state index in [-0.39, 0.29) is 12.0 Å². The Morgan fingerprint density at radius 2 is 1.65 bits per heavy atom. The van der Waals surface area contributed by atoms with Gasteiger partial charge >= 0.3 is 0 Å². The minimum Gasteiger partial charge on any atom is -0.493 e. The maximum atomic E-state index is 9.85. The second-order valence-electron chi connectivity index (χ2n) is 7.37. The van der Waals surface area contributed by atoms with Crippen molar-refractivity contribution < 1.29 is 14.6 Å². The van der Waals surface area contributed by atoms with E-state index in [9.17, 15) is 5.11 Å². The largest absolute Gasteiger partial charge is 0.493 e. The molecule has 3 rings (SSSR count). The van der Waals surface area contributed by atoms with Gasteiger partial charge in [-0.25, -0.2) is 4.98 Å². The lowest BCUT2D eigenvalue weighted by atomic mass is 9.86. The Bertz CT molecular complexity index is 942. The molecular formula is C22H25NO3. The smallest absolute Gasteiger partial charge is 0.161 e. The van der Waals surface area contributed by atoms with E-state index in [1.807, 2.05) is 24.3 Å². The van der Waals surface area contributed by atoms with Crippen LogP contribution in [0.3, 0.4) is 0 Å². The molecule has 4 heteroatoms. The number of hydrogen-bond acceptors (Lipinski definition) is 4. The number of aliphatic hydroxyl groups is 1. The van der Waals surface area contributed by atoms with Crippen LogP contribution < -0.4 is 9.47 Å². The molecule has 1 aromatic heterocycles. The normalized spacial score (nSPS) is 11.6. The average molecular weight is 351 g/mol. The number of methoxy groups -OCH3 is 2. The van der Waals surface area contributed by atoms with Crippen molar-refractivity contribution in [1.29, 1.82) is 0 Å². The van der Waals surface area contributed by atoms with Gasteiger partial charge in [-0.05, 0) is 40.6 Å². The fraction of sp³-hybridized carbons (Fsp3) is 0.318. The first-order valence-electron chi connectivity index (χ1n) is 8.65. The lowest BCUT2D eigenvalue weighted by Crippen LogP contribution is -2.10. The van der Waals surface area contributed by atoms with E-state index in [1.54, 1.807) is 14.2 Å². The molecule has 0 spiro atoms. The topological polar surface area (TPSA) is 51.6 Å². The number of ether oxygens (including phenoxy) is 2. The van der Waals surface area contributed by atoms with E-state index in [0.717, 1.165) is 22.0 Å². The predicted octanol–water partition coefficient (Wildman–Crippen LogP) is 4.71. The lowest BCUT2D eigenvalue weighted by molar-refractivity contribution is 0.278. The summed E-state index contributed by atoms with van der Waals surface area (Å²) in [5.41, 5.74) is 3.79. The highest BCUT2D eigenvalue weighted by Crippen LogP contribution is 2.35. The number of benzene rings is 2. The molecule has 2 aromatic carbocycles. The van der Waals surface area contributed by atoms with Crippen molar-refractivity contribution in [2.24, 2.45) is 0 Å². The van der Waals surface area contributed by atoms with Crippen LogP contribution in [0, 0.1) is 0 Å². The number of hydrogen-bond donors (Lipinski definition) is 1. The molecule has 0 saturated carbocycles. The number of rotatable bonds is 4. The van der Waals surface area contributed by atoms with Gasteiger partial charge in [0.25, 0.3) is 0 Å². The van der Waals surface area contributed by atoms with Gasteiger partial charge in [0, 0.05) is 10.9 Å². The van der Waals surface area contributed by atoms with Crippen LogP contribution in [0.1, 0.15) is 32.0 Å². The molecule has 0 bridgehead atoms. The molecule has 0 radical (unpaired) electrons. The van der Waals surface area contributed by atoms with Crippen molar-refractivity contribution in [3.63, 3.8) is 0 Å². The monoisotopic (exact) mass is 351 g/mol. The van der Waals surface area contributed by atoms with Gasteiger partial charge in [0.05, 0.1) is 32.2 Å². The first kappa shape index (κ1) is 18.2. The highest BCUT2D eigenvalue weighted by atomic mass is 16.5. The second kappa shape index (κ2) is 6.96. The van der Waals surface area contributed by atoms with Crippen molar-refractivity contribution in [2.75, 3.05) is 14.2 Å². The van der Waals surface area contributed by atoms with E-state index in [0.29, 0.717) is 17.2 Å². The zero-order valence-corrected chi connectivity index (χ0v) is 16.0. The molecule has 0 aliphatic rings. The fourth-order valence-electron chi connectivity index (χ4n) is 3.06. The minimum absolute atomic E-state index is 0.0588. The molecule has 136 valence electrons. The Kier molecular flexibility index (Phi) is 4.88. The van der Waals surface area contributed by atoms with Crippen LogP contribution in [0.25, 0.3) is 22.0 Å². The quantitative estimate of drug-likeness (QED) is 0.740. The fourth-order valence-corrected chi connectivity index (χ4v) is 3.06. The Morgan fingerprint density at radius 1 is 0.962 bits per heavy atom. The molecular weight excluding hydrogens is 326 g/mol. The van der Waals surface area contributed by atoms with Gasteiger partial charge in [0.15, 0.2) is 11.5 Å². The molecule has 0 aliphatic heterocycles. The van der Waals surface area contributed by atoms with Crippen LogP contribution >= 0.6 is 0 Å². The number of fused-ring (bicyclic) bond motifs is 1. The standard InChI is InChI=1S/C22H25NO3/c1-22(2,3)16-8-6-7-14(9-16)18-10-15-11-20(25-4)21(26-5)12-17(15)19(13-24)23-18/h6-12,24H,13H2,1-5H3. The van der Waals surface area contributed by atoms with Gasteiger partial charge in [-0.2, -0.15) is 0 Å². The summed E-state index contributed by atoms with van der Waals surface area (Å²) >= 11 is 0. The van der Waals surface area contributed by atoms with Crippen molar-refractivity contribution >= 4 is 10.8 Å². The van der Waals surface area contributed by atoms with E-state index in [2.05, 4.69) is 39.0 Å². The number of nitrogens with zero attached hydrogens (tertiary/aromatic N) is 1. The molecule has 0 atom stereocenters. The van der Waals surface area contributed by atoms with E-state index in [4.69, 9.17) is 14.5 Å². The van der Waals surface area contributed by atoms with Crippen LogP contribution in [0.15, 0.2) is 42.5 Å². The highest BCUT2D eigenvalue weighted by Gasteiger charge is 2.16. The van der Waals surface area contributed by atoms with Crippen LogP contribution in [-0.4, -0.2) is 24.3 Å². The Morgan fingerprint density at radius 3 is 2.27 bits per heavy atom. The van der Waals surface area contributed by atoms with Crippen molar-refractivity contribution in [1.82, 2.24) is 4.98 Å². The summed E-state index contributed by atoms with van der Waals surface area (Å²) in [5.74, 6) is 1.28. The number of pyridine rings is 1. The minimum atomic E-state index is -0.140. The maximum absolute atomic E-state index is 9.85. The van der Waals surface area contributed by atoms with Crippen LogP contribution in [-0.2, 0) is 12.0 Å². The first-order chi connectivity index (χ1) is 12.4. The van der Waals surface area contributed by atoms with Crippen LogP contribution in [0.2, 0.25) is 0 Å². The summed E-state index contributed by atoms with van der Waals surface area (Å²) in [4.78, 5) is 4.70. The first-order valence-corrected chi connectivity index (χ1v) is 8.65. The molecule has 3 aromatic rings. The van der Waals surface area contributed by atoms with Crippen molar-refractivity contribution in [3.05, 3.63) is 53.7 Å². The molecule has 1 N–H and O–H groups in total. The van der Waals surface area contributed by atoms with Gasteiger partial charge in [-0.15, -0.1) is 0 Å². The van der Waals surface area contributed by atoms with E-state index >= 15 is 0 Å². The Balaban J connectivity index is 2.22. The van der Waals surface area contributed by atoms with Gasteiger partial charge in [-0.3, -0.25) is 0 Å². The van der Waals surface area contributed by atoms with Gasteiger partial charge in [-0.1, -0.05) is 39.0 Å². The third-order valence-electron chi connectivity index (χ3n) is 4.59. The average Bonchev–Trinajstić information content (AvgIpc) is 2.65. The molecule has 0 unspecified atom stereocenters. The summed E-state index contributed by atoms with van der Waals surface area (Å²) in [6.07, 6.45) is 0. The Labute approximate surface area is 154 Å². The second-order valence-corrected chi connectivity index (χ2v) is 7.37. The van der Waals surface area contributed by atoms with Gasteiger partial charge < -0.3 is 14.6 Å². The zero-order valence-electron chi connectivity index (χ0n) is 16.0. The lowest BCUT2D eigenvalue weighted by Gasteiger charge is -2.20. The number of aliphatic hydroxyl groups excluding tert-OH is 1. The van der Waals surface area contributed by atoms with Crippen LogP contribution in [0.5, 0.6) is 11.5 Å². The van der Waals surface area contributed by atoms with E-state index < -0.39 is 0 Å².